The van der Waals surface area contributed by atoms with Gasteiger partial charge >= 0.3 is 0 Å². The van der Waals surface area contributed by atoms with Crippen LogP contribution in [0.3, 0.4) is 0 Å². The molecule has 114 valence electrons. The summed E-state index contributed by atoms with van der Waals surface area (Å²) in [6.45, 7) is 2.76. The number of hydrogen-bond acceptors (Lipinski definition) is 5. The number of sulfonamides is 1. The van der Waals surface area contributed by atoms with Gasteiger partial charge in [0.05, 0.1) is 19.3 Å². The molecule has 9 heteroatoms. The van der Waals surface area contributed by atoms with Crippen molar-refractivity contribution in [3.05, 3.63) is 30.6 Å². The first kappa shape index (κ1) is 14.2. The molecule has 0 spiro atoms. The number of hydrogen-bond donors (Lipinski definition) is 1. The molecule has 0 bridgehead atoms. The van der Waals surface area contributed by atoms with E-state index in [-0.39, 0.29) is 4.90 Å². The van der Waals surface area contributed by atoms with E-state index in [0.29, 0.717) is 26.2 Å². The van der Waals surface area contributed by atoms with Crippen LogP contribution < -0.4 is 5.32 Å². The highest BCUT2D eigenvalue weighted by molar-refractivity contribution is 7.89. The molecule has 0 saturated heterocycles. The van der Waals surface area contributed by atoms with E-state index in [9.17, 15) is 8.42 Å². The lowest BCUT2D eigenvalue weighted by Gasteiger charge is -2.26. The molecule has 0 amide bonds. The summed E-state index contributed by atoms with van der Waals surface area (Å²) in [5.74, 6) is 0.771. The third kappa shape index (κ3) is 2.71. The van der Waals surface area contributed by atoms with Gasteiger partial charge in [-0.1, -0.05) is 0 Å². The number of rotatable bonds is 5. The molecule has 0 saturated carbocycles. The Morgan fingerprint density at radius 1 is 1.38 bits per heavy atom. The molecule has 1 aliphatic heterocycles. The van der Waals surface area contributed by atoms with Crippen molar-refractivity contribution in [2.75, 3.05) is 20.1 Å². The van der Waals surface area contributed by atoms with E-state index < -0.39 is 10.0 Å². The van der Waals surface area contributed by atoms with E-state index in [2.05, 4.69) is 15.4 Å². The summed E-state index contributed by atoms with van der Waals surface area (Å²) in [4.78, 5) is 4.42. The van der Waals surface area contributed by atoms with E-state index in [1.165, 1.54) is 10.5 Å². The highest BCUT2D eigenvalue weighted by Crippen LogP contribution is 2.20. The Balaban J connectivity index is 1.79. The van der Waals surface area contributed by atoms with Crippen LogP contribution in [0.25, 0.3) is 0 Å². The fourth-order valence-corrected chi connectivity index (χ4v) is 3.67. The summed E-state index contributed by atoms with van der Waals surface area (Å²) < 4.78 is 30.3. The fraction of sp³-hybridized carbons (Fsp3) is 0.500. The monoisotopic (exact) mass is 310 g/mol. The Labute approximate surface area is 123 Å². The number of aromatic nitrogens is 4. The molecule has 1 aliphatic rings. The summed E-state index contributed by atoms with van der Waals surface area (Å²) >= 11 is 0. The summed E-state index contributed by atoms with van der Waals surface area (Å²) in [7, 11) is -1.67. The quantitative estimate of drug-likeness (QED) is 0.805. The minimum absolute atomic E-state index is 0.235. The molecular formula is C12H18N6O2S. The molecule has 0 atom stereocenters. The van der Waals surface area contributed by atoms with Crippen molar-refractivity contribution < 1.29 is 8.42 Å². The van der Waals surface area contributed by atoms with Crippen molar-refractivity contribution in [3.63, 3.8) is 0 Å². The Morgan fingerprint density at radius 2 is 2.24 bits per heavy atom. The van der Waals surface area contributed by atoms with E-state index in [4.69, 9.17) is 0 Å². The summed E-state index contributed by atoms with van der Waals surface area (Å²) in [5, 5.41) is 7.10. The molecule has 3 rings (SSSR count). The van der Waals surface area contributed by atoms with Crippen molar-refractivity contribution >= 4 is 10.0 Å². The van der Waals surface area contributed by atoms with Crippen LogP contribution in [0, 0.1) is 0 Å². The molecule has 0 radical (unpaired) electrons. The summed E-state index contributed by atoms with van der Waals surface area (Å²) in [5.41, 5.74) is 0. The maximum atomic E-state index is 12.6. The summed E-state index contributed by atoms with van der Waals surface area (Å²) in [6.07, 6.45) is 6.55. The normalized spacial score (nSPS) is 16.0. The van der Waals surface area contributed by atoms with E-state index in [1.54, 1.807) is 17.1 Å². The Kier molecular flexibility index (Phi) is 3.79. The highest BCUT2D eigenvalue weighted by Gasteiger charge is 2.29. The minimum Gasteiger partial charge on any atom is -0.333 e. The van der Waals surface area contributed by atoms with E-state index in [0.717, 1.165) is 12.4 Å². The number of imidazole rings is 1. The molecule has 0 unspecified atom stereocenters. The number of fused-ring (bicyclic) bond motifs is 1. The second kappa shape index (κ2) is 5.58. The van der Waals surface area contributed by atoms with Gasteiger partial charge in [0.1, 0.15) is 10.7 Å². The van der Waals surface area contributed by atoms with Crippen molar-refractivity contribution in [3.8, 4) is 0 Å². The maximum absolute atomic E-state index is 12.6. The van der Waals surface area contributed by atoms with Crippen LogP contribution >= 0.6 is 0 Å². The van der Waals surface area contributed by atoms with Gasteiger partial charge in [-0.05, 0) is 7.05 Å². The first-order valence-electron chi connectivity index (χ1n) is 6.78. The van der Waals surface area contributed by atoms with Crippen LogP contribution in [0.5, 0.6) is 0 Å². The van der Waals surface area contributed by atoms with Gasteiger partial charge in [0.25, 0.3) is 0 Å². The molecule has 0 fully saturated rings. The predicted molar refractivity (Wildman–Crippen MR) is 76.0 cm³/mol. The second-order valence-corrected chi connectivity index (χ2v) is 6.86. The first-order valence-corrected chi connectivity index (χ1v) is 8.22. The number of nitrogens with zero attached hydrogens (tertiary/aromatic N) is 5. The van der Waals surface area contributed by atoms with Gasteiger partial charge < -0.3 is 9.88 Å². The lowest BCUT2D eigenvalue weighted by molar-refractivity contribution is 0.335. The van der Waals surface area contributed by atoms with Crippen LogP contribution in [0.2, 0.25) is 0 Å². The van der Waals surface area contributed by atoms with Gasteiger partial charge in [0.2, 0.25) is 10.0 Å². The van der Waals surface area contributed by atoms with Gasteiger partial charge in [-0.2, -0.15) is 9.40 Å². The van der Waals surface area contributed by atoms with Crippen LogP contribution in [0.4, 0.5) is 0 Å². The zero-order chi connectivity index (χ0) is 14.9. The van der Waals surface area contributed by atoms with E-state index in [1.807, 2.05) is 17.8 Å². The van der Waals surface area contributed by atoms with Crippen molar-refractivity contribution in [1.82, 2.24) is 29.0 Å². The molecule has 2 aromatic rings. The van der Waals surface area contributed by atoms with Crippen LogP contribution in [0.15, 0.2) is 29.7 Å². The zero-order valence-electron chi connectivity index (χ0n) is 11.8. The van der Waals surface area contributed by atoms with Gasteiger partial charge in [-0.15, -0.1) is 0 Å². The lowest BCUT2D eigenvalue weighted by Crippen LogP contribution is -2.38. The third-order valence-corrected chi connectivity index (χ3v) is 5.35. The van der Waals surface area contributed by atoms with Gasteiger partial charge in [-0.25, -0.2) is 13.4 Å². The molecule has 21 heavy (non-hydrogen) atoms. The zero-order valence-corrected chi connectivity index (χ0v) is 12.6. The highest BCUT2D eigenvalue weighted by atomic mass is 32.2. The molecule has 0 aliphatic carbocycles. The lowest BCUT2D eigenvalue weighted by atomic mass is 10.4. The Bertz CT molecular complexity index is 720. The minimum atomic E-state index is -3.51. The smallest absolute Gasteiger partial charge is 0.246 e. The summed E-state index contributed by atoms with van der Waals surface area (Å²) in [6, 6.07) is 0. The number of nitrogens with one attached hydrogen (secondary N) is 1. The average molecular weight is 310 g/mol. The Hall–Kier alpha value is -1.71. The number of likely N-dealkylation sites (N-methyl/N-ethyl adjacent to an activating group) is 1. The van der Waals surface area contributed by atoms with Crippen LogP contribution in [-0.4, -0.2) is 52.2 Å². The second-order valence-electron chi connectivity index (χ2n) is 4.92. The molecule has 3 heterocycles. The topological polar surface area (TPSA) is 85.0 Å². The van der Waals surface area contributed by atoms with Crippen LogP contribution in [-0.2, 0) is 29.7 Å². The van der Waals surface area contributed by atoms with Gasteiger partial charge in [0, 0.05) is 38.2 Å². The largest absolute Gasteiger partial charge is 0.333 e. The first-order chi connectivity index (χ1) is 10.1. The maximum Gasteiger partial charge on any atom is 0.246 e. The Morgan fingerprint density at radius 3 is 3.05 bits per heavy atom. The van der Waals surface area contributed by atoms with E-state index >= 15 is 0 Å². The standard InChI is InChI=1S/C12H18N6O2S/c1-13-2-5-17-9-11(8-15-17)21(19,20)18-7-6-16-4-3-14-12(16)10-18/h3-4,8-9,13H,2,5-7,10H2,1H3. The molecule has 1 N–H and O–H groups in total. The molecule has 0 aromatic carbocycles. The van der Waals surface area contributed by atoms with Gasteiger partial charge in [-0.3, -0.25) is 4.68 Å². The predicted octanol–water partition coefficient (Wildman–Crippen LogP) is -0.496. The SMILES string of the molecule is CNCCn1cc(S(=O)(=O)N2CCn3ccnc3C2)cn1. The van der Waals surface area contributed by atoms with Crippen molar-refractivity contribution in [2.24, 2.45) is 0 Å². The third-order valence-electron chi connectivity index (χ3n) is 3.55. The average Bonchev–Trinajstić information content (AvgIpc) is 3.13. The fourth-order valence-electron chi connectivity index (χ4n) is 2.33. The van der Waals surface area contributed by atoms with Gasteiger partial charge in [0.15, 0.2) is 0 Å². The molecule has 8 nitrogen and oxygen atoms in total. The molecular weight excluding hydrogens is 292 g/mol. The van der Waals surface area contributed by atoms with Crippen LogP contribution in [0.1, 0.15) is 5.82 Å². The van der Waals surface area contributed by atoms with Crippen molar-refractivity contribution in [1.29, 1.82) is 0 Å². The molecule has 2 aromatic heterocycles. The van der Waals surface area contributed by atoms with Crippen molar-refractivity contribution in [2.45, 2.75) is 24.5 Å².